The molecule has 1 atom stereocenters. The number of carbonyl (C=O) groups excluding carboxylic acids is 1. The van der Waals surface area contributed by atoms with Gasteiger partial charge in [0.2, 0.25) is 0 Å². The quantitative estimate of drug-likeness (QED) is 0.250. The van der Waals surface area contributed by atoms with Gasteiger partial charge in [-0.05, 0) is 44.7 Å². The first-order valence-electron chi connectivity index (χ1n) is 12.9. The van der Waals surface area contributed by atoms with Crippen molar-refractivity contribution in [1.29, 1.82) is 0 Å². The number of nitro groups is 1. The fraction of sp³-hybridized carbons (Fsp3) is 0.321. The highest BCUT2D eigenvalue weighted by Crippen LogP contribution is 2.34. The lowest BCUT2D eigenvalue weighted by Crippen LogP contribution is -2.44. The number of piperazine rings is 1. The Bertz CT molecular complexity index is 1700. The zero-order chi connectivity index (χ0) is 28.6. The minimum atomic E-state index is -0.839. The molecule has 10 nitrogen and oxygen atoms in total. The number of anilines is 1. The van der Waals surface area contributed by atoms with Crippen LogP contribution in [0.25, 0.3) is 6.08 Å². The van der Waals surface area contributed by atoms with Crippen LogP contribution in [0.2, 0.25) is 5.02 Å². The Labute approximate surface area is 239 Å². The van der Waals surface area contributed by atoms with Crippen LogP contribution in [-0.4, -0.2) is 60.2 Å². The van der Waals surface area contributed by atoms with Crippen LogP contribution in [0.3, 0.4) is 0 Å². The average Bonchev–Trinajstić information content (AvgIpc) is 3.23. The maximum Gasteiger partial charge on any atom is 0.338 e. The maximum absolute atomic E-state index is 14.0. The molecule has 0 saturated carbocycles. The van der Waals surface area contributed by atoms with Gasteiger partial charge >= 0.3 is 5.97 Å². The Hall–Kier alpha value is -3.80. The van der Waals surface area contributed by atoms with Crippen molar-refractivity contribution in [3.8, 4) is 0 Å². The zero-order valence-corrected chi connectivity index (χ0v) is 23.9. The van der Waals surface area contributed by atoms with Crippen LogP contribution >= 0.6 is 22.9 Å². The topological polar surface area (TPSA) is 110 Å². The fourth-order valence-electron chi connectivity index (χ4n) is 5.03. The number of ether oxygens (including phenoxy) is 1. The minimum absolute atomic E-state index is 0.0636. The number of esters is 1. The number of hydrogen-bond donors (Lipinski definition) is 0. The third-order valence-corrected chi connectivity index (χ3v) is 8.40. The number of fused-ring (bicyclic) bond motifs is 1. The molecule has 0 aliphatic carbocycles. The molecule has 1 saturated heterocycles. The van der Waals surface area contributed by atoms with E-state index in [1.807, 2.05) is 0 Å². The van der Waals surface area contributed by atoms with Gasteiger partial charge in [0.1, 0.15) is 6.04 Å². The number of non-ortho nitro benzene ring substituents is 1. The van der Waals surface area contributed by atoms with Crippen molar-refractivity contribution >= 4 is 46.4 Å². The van der Waals surface area contributed by atoms with E-state index in [0.717, 1.165) is 43.2 Å². The molecule has 0 radical (unpaired) electrons. The van der Waals surface area contributed by atoms with Crippen molar-refractivity contribution in [3.05, 3.63) is 99.7 Å². The average molecular weight is 582 g/mol. The standard InChI is InChI=1S/C28H28ClN5O5S/c1-4-39-27(36)24-17(2)30-28-33(25(24)20-7-5-6-8-21(20)29)26(35)23(40-28)16-18-15-19(34(37)38)9-10-22(18)32-13-11-31(3)12-14-32/h5-10,15-16,25H,4,11-14H2,1-3H3/b23-16-/t25-/m1/s1. The first kappa shape index (κ1) is 27.8. The lowest BCUT2D eigenvalue weighted by Gasteiger charge is -2.34. The first-order chi connectivity index (χ1) is 19.2. The summed E-state index contributed by atoms with van der Waals surface area (Å²) in [6.07, 6.45) is 1.68. The molecular formula is C28H28ClN5O5S. The van der Waals surface area contributed by atoms with Gasteiger partial charge in [0.15, 0.2) is 4.80 Å². The molecule has 12 heteroatoms. The van der Waals surface area contributed by atoms with Crippen molar-refractivity contribution in [2.45, 2.75) is 19.9 Å². The number of halogens is 1. The summed E-state index contributed by atoms with van der Waals surface area (Å²) < 4.78 is 7.13. The number of allylic oxidation sites excluding steroid dienone is 1. The molecule has 0 bridgehead atoms. The van der Waals surface area contributed by atoms with Crippen LogP contribution in [0.4, 0.5) is 11.4 Å². The number of aromatic nitrogens is 1. The largest absolute Gasteiger partial charge is 0.463 e. The van der Waals surface area contributed by atoms with E-state index in [-0.39, 0.29) is 23.4 Å². The molecule has 3 heterocycles. The van der Waals surface area contributed by atoms with E-state index < -0.39 is 16.9 Å². The number of benzene rings is 2. The predicted octanol–water partition coefficient (Wildman–Crippen LogP) is 3.11. The number of hydrogen-bond acceptors (Lipinski definition) is 9. The summed E-state index contributed by atoms with van der Waals surface area (Å²) in [5.41, 5.74) is 2.19. The van der Waals surface area contributed by atoms with Crippen LogP contribution in [0.5, 0.6) is 0 Å². The zero-order valence-electron chi connectivity index (χ0n) is 22.3. The van der Waals surface area contributed by atoms with E-state index in [4.69, 9.17) is 16.3 Å². The second-order valence-electron chi connectivity index (χ2n) is 9.61. The number of carbonyl (C=O) groups is 1. The van der Waals surface area contributed by atoms with Gasteiger partial charge < -0.3 is 14.5 Å². The molecule has 2 aliphatic rings. The van der Waals surface area contributed by atoms with E-state index in [0.29, 0.717) is 31.2 Å². The SMILES string of the molecule is CCOC(=O)C1=C(C)N=c2s/c(=C\c3cc([N+](=O)[O-])ccc3N3CCN(C)CC3)c(=O)n2[C@@H]1c1ccccc1Cl. The van der Waals surface area contributed by atoms with Crippen molar-refractivity contribution in [2.75, 3.05) is 44.7 Å². The van der Waals surface area contributed by atoms with Gasteiger partial charge in [-0.1, -0.05) is 41.1 Å². The molecule has 208 valence electrons. The van der Waals surface area contributed by atoms with E-state index >= 15 is 0 Å². The van der Waals surface area contributed by atoms with Crippen molar-refractivity contribution in [2.24, 2.45) is 4.99 Å². The highest BCUT2D eigenvalue weighted by atomic mass is 35.5. The van der Waals surface area contributed by atoms with Crippen LogP contribution in [0.1, 0.15) is 31.0 Å². The number of nitro benzene ring substituents is 1. The Morgan fingerprint density at radius 1 is 1.23 bits per heavy atom. The molecule has 0 spiro atoms. The molecule has 0 unspecified atom stereocenters. The molecule has 0 amide bonds. The molecular weight excluding hydrogens is 554 g/mol. The lowest BCUT2D eigenvalue weighted by molar-refractivity contribution is -0.384. The van der Waals surface area contributed by atoms with E-state index in [1.165, 1.54) is 16.7 Å². The highest BCUT2D eigenvalue weighted by Gasteiger charge is 2.34. The van der Waals surface area contributed by atoms with Crippen LogP contribution < -0.4 is 19.8 Å². The van der Waals surface area contributed by atoms with Gasteiger partial charge in [-0.25, -0.2) is 9.79 Å². The molecule has 0 N–H and O–H groups in total. The van der Waals surface area contributed by atoms with Gasteiger partial charge in [0.25, 0.3) is 11.2 Å². The number of rotatable bonds is 6. The maximum atomic E-state index is 14.0. The van der Waals surface area contributed by atoms with Crippen molar-refractivity contribution < 1.29 is 14.5 Å². The van der Waals surface area contributed by atoms with Gasteiger partial charge in [-0.15, -0.1) is 0 Å². The summed E-state index contributed by atoms with van der Waals surface area (Å²) in [7, 11) is 2.05. The summed E-state index contributed by atoms with van der Waals surface area (Å²) in [4.78, 5) is 47.7. The minimum Gasteiger partial charge on any atom is -0.463 e. The molecule has 2 aromatic carbocycles. The van der Waals surface area contributed by atoms with Gasteiger partial charge in [-0.2, -0.15) is 0 Å². The summed E-state index contributed by atoms with van der Waals surface area (Å²) in [6, 6.07) is 10.9. The Morgan fingerprint density at radius 2 is 1.95 bits per heavy atom. The van der Waals surface area contributed by atoms with Gasteiger partial charge in [0.05, 0.1) is 27.3 Å². The Balaban J connectivity index is 1.71. The first-order valence-corrected chi connectivity index (χ1v) is 14.0. The molecule has 2 aliphatic heterocycles. The fourth-order valence-corrected chi connectivity index (χ4v) is 6.31. The summed E-state index contributed by atoms with van der Waals surface area (Å²) in [5, 5.41) is 12.0. The number of likely N-dealkylation sites (N-methyl/N-ethyl adjacent to an activating group) is 1. The summed E-state index contributed by atoms with van der Waals surface area (Å²) >= 11 is 7.74. The van der Waals surface area contributed by atoms with Crippen molar-refractivity contribution in [3.63, 3.8) is 0 Å². The van der Waals surface area contributed by atoms with Crippen LogP contribution in [-0.2, 0) is 9.53 Å². The molecule has 5 rings (SSSR count). The summed E-state index contributed by atoms with van der Waals surface area (Å²) in [6.45, 7) is 6.80. The number of nitrogens with zero attached hydrogens (tertiary/aromatic N) is 5. The van der Waals surface area contributed by atoms with E-state index in [2.05, 4.69) is 21.8 Å². The normalized spacial score (nSPS) is 17.9. The summed E-state index contributed by atoms with van der Waals surface area (Å²) in [5.74, 6) is -0.570. The Kier molecular flexibility index (Phi) is 7.88. The molecule has 1 aromatic heterocycles. The lowest BCUT2D eigenvalue weighted by atomic mass is 9.96. The van der Waals surface area contributed by atoms with E-state index in [9.17, 15) is 19.7 Å². The smallest absolute Gasteiger partial charge is 0.338 e. The Morgan fingerprint density at radius 3 is 2.62 bits per heavy atom. The van der Waals surface area contributed by atoms with Crippen LogP contribution in [0, 0.1) is 10.1 Å². The second-order valence-corrected chi connectivity index (χ2v) is 11.0. The van der Waals surface area contributed by atoms with Crippen molar-refractivity contribution in [1.82, 2.24) is 9.47 Å². The third-order valence-electron chi connectivity index (χ3n) is 7.07. The second kappa shape index (κ2) is 11.4. The highest BCUT2D eigenvalue weighted by molar-refractivity contribution is 7.07. The number of thiazole rings is 1. The predicted molar refractivity (Wildman–Crippen MR) is 155 cm³/mol. The van der Waals surface area contributed by atoms with Gasteiger partial charge in [-0.3, -0.25) is 19.5 Å². The monoisotopic (exact) mass is 581 g/mol. The van der Waals surface area contributed by atoms with Gasteiger partial charge in [0, 0.05) is 54.6 Å². The molecule has 40 heavy (non-hydrogen) atoms. The molecule has 3 aromatic rings. The third kappa shape index (κ3) is 5.19. The van der Waals surface area contributed by atoms with Crippen LogP contribution in [0.15, 0.2) is 63.5 Å². The molecule has 1 fully saturated rings. The van der Waals surface area contributed by atoms with E-state index in [1.54, 1.807) is 50.3 Å².